The van der Waals surface area contributed by atoms with Crippen molar-refractivity contribution < 1.29 is 18.0 Å². The van der Waals surface area contributed by atoms with Gasteiger partial charge in [-0.05, 0) is 35.2 Å². The van der Waals surface area contributed by atoms with Gasteiger partial charge in [-0.2, -0.15) is 11.3 Å². The second-order valence-corrected chi connectivity index (χ2v) is 9.70. The fraction of sp³-hybridized carbons (Fsp3) is 0.647. The number of thiophene rings is 1. The van der Waals surface area contributed by atoms with Crippen LogP contribution >= 0.6 is 11.3 Å². The Bertz CT molecular complexity index is 730. The lowest BCUT2D eigenvalue weighted by atomic mass is 10.0. The van der Waals surface area contributed by atoms with E-state index in [0.29, 0.717) is 32.4 Å². The van der Waals surface area contributed by atoms with Crippen LogP contribution in [-0.4, -0.2) is 66.7 Å². The zero-order valence-corrected chi connectivity index (χ0v) is 16.0. The van der Waals surface area contributed by atoms with Gasteiger partial charge in [0.1, 0.15) is 0 Å². The summed E-state index contributed by atoms with van der Waals surface area (Å²) in [6, 6.07) is 1.22. The van der Waals surface area contributed by atoms with E-state index in [1.54, 1.807) is 21.1 Å². The topological polar surface area (TPSA) is 74.8 Å². The van der Waals surface area contributed by atoms with Gasteiger partial charge >= 0.3 is 0 Å². The van der Waals surface area contributed by atoms with Crippen molar-refractivity contribution in [3.05, 3.63) is 22.4 Å². The Balaban J connectivity index is 1.71. The third-order valence-electron chi connectivity index (χ3n) is 4.99. The van der Waals surface area contributed by atoms with Crippen LogP contribution < -0.4 is 0 Å². The van der Waals surface area contributed by atoms with E-state index in [4.69, 9.17) is 0 Å². The molecule has 2 aliphatic heterocycles. The lowest BCUT2D eigenvalue weighted by Crippen LogP contribution is -2.62. The van der Waals surface area contributed by atoms with Gasteiger partial charge < -0.3 is 9.80 Å². The average Bonchev–Trinajstić information content (AvgIpc) is 3.17. The largest absolute Gasteiger partial charge is 0.335 e. The Kier molecular flexibility index (Phi) is 5.48. The molecular weight excluding hydrogens is 360 g/mol. The number of hydrogen-bond acceptors (Lipinski definition) is 5. The SMILES string of the molecule is CCCC(=O)N1CCN(C(=O)CCc2ccsc2)C2CS(=O)(=O)CC21. The van der Waals surface area contributed by atoms with Crippen molar-refractivity contribution in [2.45, 2.75) is 44.7 Å². The summed E-state index contributed by atoms with van der Waals surface area (Å²) in [6.07, 6.45) is 2.21. The van der Waals surface area contributed by atoms with Crippen molar-refractivity contribution in [1.82, 2.24) is 9.80 Å². The molecule has 138 valence electrons. The highest BCUT2D eigenvalue weighted by Crippen LogP contribution is 2.28. The van der Waals surface area contributed by atoms with Crippen LogP contribution in [0.15, 0.2) is 16.8 Å². The molecule has 0 aromatic carbocycles. The molecule has 0 radical (unpaired) electrons. The van der Waals surface area contributed by atoms with Crippen molar-refractivity contribution >= 4 is 33.0 Å². The predicted octanol–water partition coefficient (Wildman–Crippen LogP) is 1.32. The molecule has 2 fully saturated rings. The Morgan fingerprint density at radius 3 is 2.24 bits per heavy atom. The number of nitrogens with zero attached hydrogens (tertiary/aromatic N) is 2. The van der Waals surface area contributed by atoms with Gasteiger partial charge in [0, 0.05) is 25.9 Å². The first-order valence-electron chi connectivity index (χ1n) is 8.71. The minimum absolute atomic E-state index is 0.0000258. The van der Waals surface area contributed by atoms with Crippen LogP contribution in [0, 0.1) is 0 Å². The quantitative estimate of drug-likeness (QED) is 0.767. The molecule has 0 spiro atoms. The number of sulfone groups is 1. The minimum Gasteiger partial charge on any atom is -0.335 e. The summed E-state index contributed by atoms with van der Waals surface area (Å²) in [5, 5.41) is 4.01. The maximum absolute atomic E-state index is 12.7. The molecule has 2 atom stereocenters. The summed E-state index contributed by atoms with van der Waals surface area (Å²) in [7, 11) is -3.22. The molecule has 2 amide bonds. The number of aryl methyl sites for hydroxylation is 1. The zero-order valence-electron chi connectivity index (χ0n) is 14.4. The average molecular weight is 385 g/mol. The van der Waals surface area contributed by atoms with Crippen molar-refractivity contribution in [3.8, 4) is 0 Å². The fourth-order valence-corrected chi connectivity index (χ4v) is 6.44. The highest BCUT2D eigenvalue weighted by Gasteiger charge is 2.48. The van der Waals surface area contributed by atoms with Crippen molar-refractivity contribution in [1.29, 1.82) is 0 Å². The van der Waals surface area contributed by atoms with Crippen LogP contribution in [0.1, 0.15) is 31.7 Å². The molecule has 25 heavy (non-hydrogen) atoms. The molecule has 3 heterocycles. The van der Waals surface area contributed by atoms with E-state index < -0.39 is 15.9 Å². The molecule has 2 unspecified atom stereocenters. The third-order valence-corrected chi connectivity index (χ3v) is 7.42. The van der Waals surface area contributed by atoms with E-state index in [2.05, 4.69) is 0 Å². The maximum Gasteiger partial charge on any atom is 0.223 e. The molecule has 1 aromatic heterocycles. The molecule has 0 N–H and O–H groups in total. The summed E-state index contributed by atoms with van der Waals surface area (Å²) in [5.41, 5.74) is 1.13. The summed E-state index contributed by atoms with van der Waals surface area (Å²) in [5.74, 6) is -0.0694. The molecule has 1 aromatic rings. The van der Waals surface area contributed by atoms with Gasteiger partial charge in [-0.25, -0.2) is 8.42 Å². The van der Waals surface area contributed by atoms with Crippen LogP contribution in [0.25, 0.3) is 0 Å². The summed E-state index contributed by atoms with van der Waals surface area (Å²) >= 11 is 1.60. The number of hydrogen-bond donors (Lipinski definition) is 0. The van der Waals surface area contributed by atoms with Gasteiger partial charge in [0.05, 0.1) is 23.6 Å². The summed E-state index contributed by atoms with van der Waals surface area (Å²) < 4.78 is 24.3. The number of amides is 2. The highest BCUT2D eigenvalue weighted by molar-refractivity contribution is 7.91. The van der Waals surface area contributed by atoms with Crippen LogP contribution in [0.4, 0.5) is 0 Å². The zero-order chi connectivity index (χ0) is 18.0. The molecule has 3 rings (SSSR count). The van der Waals surface area contributed by atoms with E-state index in [1.807, 2.05) is 23.8 Å². The molecule has 2 saturated heterocycles. The smallest absolute Gasteiger partial charge is 0.223 e. The molecule has 6 nitrogen and oxygen atoms in total. The number of carbonyl (C=O) groups excluding carboxylic acids is 2. The summed E-state index contributed by atoms with van der Waals surface area (Å²) in [6.45, 7) is 2.79. The molecule has 0 aliphatic carbocycles. The Hall–Kier alpha value is -1.41. The first-order chi connectivity index (χ1) is 11.9. The van der Waals surface area contributed by atoms with Crippen LogP contribution in [0.3, 0.4) is 0 Å². The fourth-order valence-electron chi connectivity index (χ4n) is 3.76. The van der Waals surface area contributed by atoms with E-state index in [1.165, 1.54) is 0 Å². The van der Waals surface area contributed by atoms with E-state index >= 15 is 0 Å². The van der Waals surface area contributed by atoms with Crippen molar-refractivity contribution in [3.63, 3.8) is 0 Å². The van der Waals surface area contributed by atoms with E-state index in [-0.39, 0.29) is 29.4 Å². The first kappa shape index (κ1) is 18.4. The van der Waals surface area contributed by atoms with Crippen LogP contribution in [0.2, 0.25) is 0 Å². The van der Waals surface area contributed by atoms with Crippen LogP contribution in [-0.2, 0) is 25.8 Å². The normalized spacial score (nSPS) is 25.0. The van der Waals surface area contributed by atoms with Gasteiger partial charge in [0.15, 0.2) is 9.84 Å². The van der Waals surface area contributed by atoms with Crippen molar-refractivity contribution in [2.24, 2.45) is 0 Å². The molecule has 2 aliphatic rings. The number of piperazine rings is 1. The van der Waals surface area contributed by atoms with Gasteiger partial charge in [0.2, 0.25) is 11.8 Å². The highest BCUT2D eigenvalue weighted by atomic mass is 32.2. The molecular formula is C17H24N2O4S2. The maximum atomic E-state index is 12.7. The molecule has 0 bridgehead atoms. The third kappa shape index (κ3) is 4.06. The van der Waals surface area contributed by atoms with Gasteiger partial charge in [-0.1, -0.05) is 6.92 Å². The van der Waals surface area contributed by atoms with Crippen LogP contribution in [0.5, 0.6) is 0 Å². The minimum atomic E-state index is -3.22. The number of rotatable bonds is 5. The first-order valence-corrected chi connectivity index (χ1v) is 11.5. The monoisotopic (exact) mass is 384 g/mol. The Morgan fingerprint density at radius 2 is 1.72 bits per heavy atom. The second-order valence-electron chi connectivity index (χ2n) is 6.77. The molecule has 0 saturated carbocycles. The Labute approximate surface area is 152 Å². The van der Waals surface area contributed by atoms with E-state index in [9.17, 15) is 18.0 Å². The number of carbonyl (C=O) groups is 2. The lowest BCUT2D eigenvalue weighted by Gasteiger charge is -2.44. The van der Waals surface area contributed by atoms with Gasteiger partial charge in [0.25, 0.3) is 0 Å². The Morgan fingerprint density at radius 1 is 1.12 bits per heavy atom. The van der Waals surface area contributed by atoms with E-state index in [0.717, 1.165) is 12.0 Å². The predicted molar refractivity (Wildman–Crippen MR) is 97.2 cm³/mol. The lowest BCUT2D eigenvalue weighted by molar-refractivity contribution is -0.145. The van der Waals surface area contributed by atoms with Gasteiger partial charge in [-0.15, -0.1) is 0 Å². The van der Waals surface area contributed by atoms with Gasteiger partial charge in [-0.3, -0.25) is 9.59 Å². The second kappa shape index (κ2) is 7.45. The summed E-state index contributed by atoms with van der Waals surface area (Å²) in [4.78, 5) is 28.4. The number of fused-ring (bicyclic) bond motifs is 1. The molecule has 8 heteroatoms. The standard InChI is InChI=1S/C17H24N2O4S2/c1-2-3-16(20)18-7-8-19(15-12-25(22,23)11-14(15)18)17(21)5-4-13-6-9-24-10-13/h6,9-10,14-15H,2-5,7-8,11-12H2,1H3. The van der Waals surface area contributed by atoms with Crippen molar-refractivity contribution in [2.75, 3.05) is 24.6 Å².